The minimum atomic E-state index is 0.487. The molecule has 2 heteroatoms. The molecule has 3 atom stereocenters. The maximum absolute atomic E-state index is 5.93. The second-order valence-electron chi connectivity index (χ2n) is 4.41. The first-order valence-electron chi connectivity index (χ1n) is 5.14. The topological polar surface area (TPSA) is 35.2 Å². The largest absolute Gasteiger partial charge is 0.378 e. The molecule has 0 amide bonds. The fraction of sp³-hybridized carbons (Fsp3) is 1.00. The fourth-order valence-electron chi connectivity index (χ4n) is 2.45. The lowest BCUT2D eigenvalue weighted by Gasteiger charge is -2.29. The van der Waals surface area contributed by atoms with Crippen LogP contribution in [0.25, 0.3) is 0 Å². The van der Waals surface area contributed by atoms with Crippen molar-refractivity contribution >= 4 is 0 Å². The number of rotatable bonds is 2. The Bertz CT molecular complexity index is 169. The zero-order valence-electron chi connectivity index (χ0n) is 7.88. The van der Waals surface area contributed by atoms with Gasteiger partial charge in [0.1, 0.15) is 0 Å². The van der Waals surface area contributed by atoms with Crippen molar-refractivity contribution in [1.29, 1.82) is 0 Å². The maximum Gasteiger partial charge on any atom is 0.0581 e. The summed E-state index contributed by atoms with van der Waals surface area (Å²) in [5.41, 5.74) is 6.45. The normalized spacial score (nSPS) is 46.5. The van der Waals surface area contributed by atoms with Crippen molar-refractivity contribution in [3.05, 3.63) is 0 Å². The van der Waals surface area contributed by atoms with E-state index < -0.39 is 0 Å². The highest BCUT2D eigenvalue weighted by molar-refractivity contribution is 5.08. The number of hydrogen-bond acceptors (Lipinski definition) is 2. The van der Waals surface area contributed by atoms with Crippen molar-refractivity contribution in [2.45, 2.75) is 51.2 Å². The van der Waals surface area contributed by atoms with Crippen molar-refractivity contribution < 1.29 is 4.74 Å². The van der Waals surface area contributed by atoms with Gasteiger partial charge in [-0.3, -0.25) is 0 Å². The van der Waals surface area contributed by atoms with Crippen LogP contribution in [0, 0.1) is 5.41 Å². The molecule has 2 aliphatic rings. The number of nitrogens with two attached hydrogens (primary N) is 1. The highest BCUT2D eigenvalue weighted by atomic mass is 16.5. The first-order chi connectivity index (χ1) is 5.77. The van der Waals surface area contributed by atoms with Crippen LogP contribution in [0.5, 0.6) is 0 Å². The van der Waals surface area contributed by atoms with E-state index in [1.54, 1.807) is 0 Å². The van der Waals surface area contributed by atoms with E-state index in [4.69, 9.17) is 10.5 Å². The van der Waals surface area contributed by atoms with Gasteiger partial charge in [-0.25, -0.2) is 0 Å². The third-order valence-electron chi connectivity index (χ3n) is 3.45. The summed E-state index contributed by atoms with van der Waals surface area (Å²) in [5, 5.41) is 0. The van der Waals surface area contributed by atoms with Gasteiger partial charge < -0.3 is 10.5 Å². The van der Waals surface area contributed by atoms with E-state index in [1.807, 2.05) is 0 Å². The molecule has 2 rings (SSSR count). The molecule has 2 fully saturated rings. The van der Waals surface area contributed by atoms with E-state index in [0.29, 0.717) is 17.6 Å². The summed E-state index contributed by atoms with van der Waals surface area (Å²) in [5.74, 6) is 0. The lowest BCUT2D eigenvalue weighted by atomic mass is 9.90. The minimum absolute atomic E-state index is 0.487. The Hall–Kier alpha value is -0.0800. The molecule has 3 unspecified atom stereocenters. The summed E-state index contributed by atoms with van der Waals surface area (Å²) in [6.07, 6.45) is 6.63. The average Bonchev–Trinajstić information content (AvgIpc) is 2.61. The minimum Gasteiger partial charge on any atom is -0.378 e. The predicted octanol–water partition coefficient (Wildman–Crippen LogP) is 1.68. The van der Waals surface area contributed by atoms with Crippen molar-refractivity contribution in [3.63, 3.8) is 0 Å². The summed E-state index contributed by atoms with van der Waals surface area (Å²) in [6.45, 7) is 3.16. The van der Waals surface area contributed by atoms with E-state index in [-0.39, 0.29) is 0 Å². The van der Waals surface area contributed by atoms with Crippen LogP contribution < -0.4 is 5.73 Å². The van der Waals surface area contributed by atoms with Crippen LogP contribution in [0.2, 0.25) is 0 Å². The lowest BCUT2D eigenvalue weighted by molar-refractivity contribution is -0.0219. The zero-order chi connectivity index (χ0) is 8.60. The van der Waals surface area contributed by atoms with Crippen LogP contribution >= 0.6 is 0 Å². The molecule has 1 aliphatic heterocycles. The van der Waals surface area contributed by atoms with E-state index in [1.165, 1.54) is 32.1 Å². The van der Waals surface area contributed by atoms with Gasteiger partial charge in [0.2, 0.25) is 0 Å². The molecule has 1 saturated carbocycles. The van der Waals surface area contributed by atoms with Gasteiger partial charge in [-0.1, -0.05) is 13.3 Å². The highest BCUT2D eigenvalue weighted by Crippen LogP contribution is 2.53. The summed E-state index contributed by atoms with van der Waals surface area (Å²) < 4.78 is 5.69. The molecule has 0 aromatic rings. The molecule has 0 bridgehead atoms. The Morgan fingerprint density at radius 2 is 2.25 bits per heavy atom. The van der Waals surface area contributed by atoms with E-state index in [2.05, 4.69) is 6.92 Å². The van der Waals surface area contributed by atoms with Gasteiger partial charge in [0.25, 0.3) is 0 Å². The van der Waals surface area contributed by atoms with Gasteiger partial charge >= 0.3 is 0 Å². The Balaban J connectivity index is 1.87. The van der Waals surface area contributed by atoms with E-state index >= 15 is 0 Å². The lowest BCUT2D eigenvalue weighted by Crippen LogP contribution is -2.30. The van der Waals surface area contributed by atoms with Crippen molar-refractivity contribution in [1.82, 2.24) is 0 Å². The summed E-state index contributed by atoms with van der Waals surface area (Å²) in [4.78, 5) is 0. The Kier molecular flexibility index (Phi) is 2.13. The third kappa shape index (κ3) is 1.38. The van der Waals surface area contributed by atoms with Crippen LogP contribution in [-0.4, -0.2) is 18.8 Å². The molecule has 1 spiro atoms. The summed E-state index contributed by atoms with van der Waals surface area (Å²) >= 11 is 0. The van der Waals surface area contributed by atoms with Gasteiger partial charge in [-0.15, -0.1) is 0 Å². The molecular weight excluding hydrogens is 150 g/mol. The van der Waals surface area contributed by atoms with Crippen molar-refractivity contribution in [3.8, 4) is 0 Å². The molecule has 2 N–H and O–H groups in total. The van der Waals surface area contributed by atoms with Crippen LogP contribution in [0.4, 0.5) is 0 Å². The number of hydrogen-bond donors (Lipinski definition) is 1. The molecule has 1 saturated heterocycles. The molecule has 12 heavy (non-hydrogen) atoms. The van der Waals surface area contributed by atoms with Gasteiger partial charge in [-0.2, -0.15) is 0 Å². The Morgan fingerprint density at radius 1 is 1.50 bits per heavy atom. The van der Waals surface area contributed by atoms with Crippen LogP contribution in [0.15, 0.2) is 0 Å². The van der Waals surface area contributed by atoms with E-state index in [9.17, 15) is 0 Å². The fourth-order valence-corrected chi connectivity index (χ4v) is 2.45. The zero-order valence-corrected chi connectivity index (χ0v) is 7.88. The molecule has 2 nitrogen and oxygen atoms in total. The maximum atomic E-state index is 5.93. The highest BCUT2D eigenvalue weighted by Gasteiger charge is 2.53. The second kappa shape index (κ2) is 3.00. The van der Waals surface area contributed by atoms with Crippen molar-refractivity contribution in [2.75, 3.05) is 6.61 Å². The standard InChI is InChI=1S/C10H19NO/c1-2-3-8-6-10(4-5-12-8)7-9(10)11/h8-9H,2-7,11H2,1H3. The first-order valence-corrected chi connectivity index (χ1v) is 5.14. The SMILES string of the molecule is CCCC1CC2(CCO1)CC2N. The first kappa shape index (κ1) is 8.52. The average molecular weight is 169 g/mol. The van der Waals surface area contributed by atoms with Crippen LogP contribution in [-0.2, 0) is 4.74 Å². The number of ether oxygens (including phenoxy) is 1. The monoisotopic (exact) mass is 169 g/mol. The smallest absolute Gasteiger partial charge is 0.0581 e. The van der Waals surface area contributed by atoms with Gasteiger partial charge in [-0.05, 0) is 31.1 Å². The Morgan fingerprint density at radius 3 is 2.83 bits per heavy atom. The van der Waals surface area contributed by atoms with Crippen molar-refractivity contribution in [2.24, 2.45) is 11.1 Å². The molecule has 0 radical (unpaired) electrons. The second-order valence-corrected chi connectivity index (χ2v) is 4.41. The van der Waals surface area contributed by atoms with Gasteiger partial charge in [0, 0.05) is 12.6 Å². The molecule has 0 aromatic carbocycles. The molecule has 0 aromatic heterocycles. The predicted molar refractivity (Wildman–Crippen MR) is 48.9 cm³/mol. The molecule has 1 aliphatic carbocycles. The van der Waals surface area contributed by atoms with Gasteiger partial charge in [0.15, 0.2) is 0 Å². The summed E-state index contributed by atoms with van der Waals surface area (Å²) in [6, 6.07) is 0.487. The van der Waals surface area contributed by atoms with Gasteiger partial charge in [0.05, 0.1) is 6.10 Å². The van der Waals surface area contributed by atoms with Crippen LogP contribution in [0.1, 0.15) is 39.0 Å². The Labute approximate surface area is 74.5 Å². The quantitative estimate of drug-likeness (QED) is 0.682. The van der Waals surface area contributed by atoms with Crippen LogP contribution in [0.3, 0.4) is 0 Å². The summed E-state index contributed by atoms with van der Waals surface area (Å²) in [7, 11) is 0. The molecular formula is C10H19NO. The molecule has 1 heterocycles. The third-order valence-corrected chi connectivity index (χ3v) is 3.45. The molecule has 70 valence electrons. The van der Waals surface area contributed by atoms with E-state index in [0.717, 1.165) is 6.61 Å².